The van der Waals surface area contributed by atoms with Crippen molar-refractivity contribution in [2.24, 2.45) is 5.92 Å². The summed E-state index contributed by atoms with van der Waals surface area (Å²) in [6.07, 6.45) is 3.79. The zero-order valence-electron chi connectivity index (χ0n) is 21.1. The van der Waals surface area contributed by atoms with Crippen LogP contribution in [0.2, 0.25) is 0 Å². The second-order valence-electron chi connectivity index (χ2n) is 10.2. The van der Waals surface area contributed by atoms with Crippen molar-refractivity contribution < 1.29 is 14.6 Å². The van der Waals surface area contributed by atoms with Crippen molar-refractivity contribution in [2.75, 3.05) is 0 Å². The number of phenols is 1. The quantitative estimate of drug-likeness (QED) is 0.269. The molecule has 0 aromatic heterocycles. The molecule has 0 saturated carbocycles. The first kappa shape index (κ1) is 25.7. The highest BCUT2D eigenvalue weighted by Gasteiger charge is 2.28. The molecule has 1 unspecified atom stereocenters. The summed E-state index contributed by atoms with van der Waals surface area (Å²) in [6.45, 7) is 20.6. The predicted molar refractivity (Wildman–Crippen MR) is 134 cm³/mol. The summed E-state index contributed by atoms with van der Waals surface area (Å²) in [5.41, 5.74) is 5.94. The summed E-state index contributed by atoms with van der Waals surface area (Å²) in [6, 6.07) is 8.46. The van der Waals surface area contributed by atoms with E-state index >= 15 is 0 Å². The highest BCUT2D eigenvalue weighted by Crippen LogP contribution is 2.43. The zero-order valence-corrected chi connectivity index (χ0v) is 21.1. The molecule has 2 aromatic rings. The van der Waals surface area contributed by atoms with Crippen LogP contribution in [0.25, 0.3) is 0 Å². The molecule has 0 saturated heterocycles. The molecule has 3 heteroatoms. The smallest absolute Gasteiger partial charge is 0.335 e. The second kappa shape index (κ2) is 10.4. The Hall–Kier alpha value is -2.55. The van der Waals surface area contributed by atoms with Gasteiger partial charge in [0.25, 0.3) is 0 Å². The number of rotatable bonds is 8. The van der Waals surface area contributed by atoms with E-state index in [-0.39, 0.29) is 11.3 Å². The maximum absolute atomic E-state index is 12.3. The molecule has 0 aliphatic heterocycles. The average Bonchev–Trinajstić information content (AvgIpc) is 2.73. The standard InChI is InChI=1S/C29H40O3/c1-10-20-14-22(13-18(4)5)27(31)23(15-20)19(6)24-16-21(11-2)17-25(29(7,8)9)28(24)32-26(30)12-3/h12,14-19,31H,3,10-11,13H2,1-2,4-9H3. The third-order valence-corrected chi connectivity index (χ3v) is 6.01. The highest BCUT2D eigenvalue weighted by atomic mass is 16.5. The van der Waals surface area contributed by atoms with Gasteiger partial charge in [-0.3, -0.25) is 0 Å². The average molecular weight is 437 g/mol. The molecule has 32 heavy (non-hydrogen) atoms. The van der Waals surface area contributed by atoms with Gasteiger partial charge in [-0.05, 0) is 47.3 Å². The molecule has 0 aliphatic rings. The van der Waals surface area contributed by atoms with Gasteiger partial charge in [0, 0.05) is 28.7 Å². The van der Waals surface area contributed by atoms with Crippen molar-refractivity contribution in [3.05, 3.63) is 70.3 Å². The first-order valence-electron chi connectivity index (χ1n) is 11.8. The van der Waals surface area contributed by atoms with Crippen molar-refractivity contribution in [3.8, 4) is 11.5 Å². The van der Waals surface area contributed by atoms with Crippen LogP contribution >= 0.6 is 0 Å². The summed E-state index contributed by atoms with van der Waals surface area (Å²) in [5, 5.41) is 11.2. The van der Waals surface area contributed by atoms with E-state index in [4.69, 9.17) is 4.74 Å². The fourth-order valence-electron chi connectivity index (χ4n) is 4.14. The van der Waals surface area contributed by atoms with Crippen LogP contribution in [0, 0.1) is 5.92 Å². The van der Waals surface area contributed by atoms with Crippen LogP contribution in [-0.4, -0.2) is 11.1 Å². The maximum atomic E-state index is 12.3. The first-order chi connectivity index (χ1) is 14.9. The van der Waals surface area contributed by atoms with Gasteiger partial charge in [0.15, 0.2) is 0 Å². The summed E-state index contributed by atoms with van der Waals surface area (Å²) in [7, 11) is 0. The number of phenolic OH excluding ortho intramolecular Hbond substituents is 1. The van der Waals surface area contributed by atoms with Crippen LogP contribution < -0.4 is 4.74 Å². The van der Waals surface area contributed by atoms with Crippen molar-refractivity contribution in [2.45, 2.75) is 86.0 Å². The van der Waals surface area contributed by atoms with Gasteiger partial charge in [-0.2, -0.15) is 0 Å². The van der Waals surface area contributed by atoms with Crippen LogP contribution in [0.3, 0.4) is 0 Å². The molecule has 0 heterocycles. The fraction of sp³-hybridized carbons (Fsp3) is 0.483. The van der Waals surface area contributed by atoms with Gasteiger partial charge in [0.1, 0.15) is 11.5 Å². The lowest BCUT2D eigenvalue weighted by Crippen LogP contribution is -2.18. The van der Waals surface area contributed by atoms with E-state index in [0.717, 1.165) is 41.5 Å². The van der Waals surface area contributed by atoms with Crippen molar-refractivity contribution >= 4 is 5.97 Å². The lowest BCUT2D eigenvalue weighted by atomic mass is 9.80. The van der Waals surface area contributed by atoms with Crippen LogP contribution in [0.4, 0.5) is 0 Å². The number of aromatic hydroxyl groups is 1. The predicted octanol–water partition coefficient (Wildman–Crippen LogP) is 7.26. The minimum atomic E-state index is -0.472. The number of hydrogen-bond acceptors (Lipinski definition) is 3. The van der Waals surface area contributed by atoms with Gasteiger partial charge in [-0.15, -0.1) is 0 Å². The molecule has 0 fully saturated rings. The van der Waals surface area contributed by atoms with Gasteiger partial charge >= 0.3 is 5.97 Å². The summed E-state index contributed by atoms with van der Waals surface area (Å²) in [4.78, 5) is 12.3. The van der Waals surface area contributed by atoms with Gasteiger partial charge < -0.3 is 9.84 Å². The van der Waals surface area contributed by atoms with Crippen molar-refractivity contribution in [3.63, 3.8) is 0 Å². The number of esters is 1. The van der Waals surface area contributed by atoms with Crippen LogP contribution in [0.15, 0.2) is 36.9 Å². The largest absolute Gasteiger partial charge is 0.507 e. The number of benzene rings is 2. The summed E-state index contributed by atoms with van der Waals surface area (Å²) < 4.78 is 5.85. The van der Waals surface area contributed by atoms with Crippen molar-refractivity contribution in [1.29, 1.82) is 0 Å². The molecular formula is C29H40O3. The molecule has 0 aliphatic carbocycles. The molecule has 1 N–H and O–H groups in total. The molecule has 3 nitrogen and oxygen atoms in total. The summed E-state index contributed by atoms with van der Waals surface area (Å²) in [5.74, 6) is 0.756. The van der Waals surface area contributed by atoms with E-state index < -0.39 is 5.97 Å². The molecule has 174 valence electrons. The number of carbonyl (C=O) groups is 1. The fourth-order valence-corrected chi connectivity index (χ4v) is 4.14. The Morgan fingerprint density at radius 2 is 1.59 bits per heavy atom. The monoisotopic (exact) mass is 436 g/mol. The lowest BCUT2D eigenvalue weighted by molar-refractivity contribution is -0.129. The number of carbonyl (C=O) groups excluding carboxylic acids is 1. The Labute approximate surface area is 194 Å². The zero-order chi connectivity index (χ0) is 24.2. The molecule has 0 radical (unpaired) electrons. The number of aryl methyl sites for hydroxylation is 2. The maximum Gasteiger partial charge on any atom is 0.335 e. The molecule has 2 aromatic carbocycles. The normalized spacial score (nSPS) is 12.7. The molecular weight excluding hydrogens is 396 g/mol. The Bertz CT molecular complexity index is 977. The molecule has 0 bridgehead atoms. The minimum absolute atomic E-state index is 0.146. The lowest BCUT2D eigenvalue weighted by Gasteiger charge is -2.28. The number of ether oxygens (including phenoxy) is 1. The SMILES string of the molecule is C=CC(=O)Oc1c(C(C)c2cc(CC)cc(CC(C)C)c2O)cc(CC)cc1C(C)(C)C. The topological polar surface area (TPSA) is 46.5 Å². The van der Waals surface area contributed by atoms with Crippen LogP contribution in [-0.2, 0) is 29.5 Å². The molecule has 0 spiro atoms. The number of hydrogen-bond donors (Lipinski definition) is 1. The third-order valence-electron chi connectivity index (χ3n) is 6.01. The Kier molecular flexibility index (Phi) is 8.34. The van der Waals surface area contributed by atoms with E-state index in [0.29, 0.717) is 17.4 Å². The Morgan fingerprint density at radius 1 is 1.03 bits per heavy atom. The molecule has 2 rings (SSSR count). The van der Waals surface area contributed by atoms with Crippen molar-refractivity contribution in [1.82, 2.24) is 0 Å². The van der Waals surface area contributed by atoms with Gasteiger partial charge in [-0.25, -0.2) is 4.79 Å². The minimum Gasteiger partial charge on any atom is -0.507 e. The first-order valence-corrected chi connectivity index (χ1v) is 11.8. The van der Waals surface area contributed by atoms with Gasteiger partial charge in [0.2, 0.25) is 0 Å². The highest BCUT2D eigenvalue weighted by molar-refractivity contribution is 5.84. The Balaban J connectivity index is 2.81. The molecule has 0 amide bonds. The third kappa shape index (κ3) is 5.82. The van der Waals surface area contributed by atoms with Gasteiger partial charge in [0.05, 0.1) is 0 Å². The molecule has 1 atom stereocenters. The van der Waals surface area contributed by atoms with E-state index in [1.54, 1.807) is 0 Å². The van der Waals surface area contributed by atoms with Crippen LogP contribution in [0.5, 0.6) is 11.5 Å². The second-order valence-corrected chi connectivity index (χ2v) is 10.2. The van der Waals surface area contributed by atoms with E-state index in [9.17, 15) is 9.90 Å². The van der Waals surface area contributed by atoms with E-state index in [2.05, 4.69) is 86.2 Å². The van der Waals surface area contributed by atoms with Gasteiger partial charge in [-0.1, -0.05) is 86.2 Å². The van der Waals surface area contributed by atoms with Crippen LogP contribution in [0.1, 0.15) is 94.7 Å². The van der Waals surface area contributed by atoms with E-state index in [1.165, 1.54) is 17.2 Å². The summed E-state index contributed by atoms with van der Waals surface area (Å²) >= 11 is 0. The Morgan fingerprint density at radius 3 is 2.09 bits per heavy atom. The van der Waals surface area contributed by atoms with E-state index in [1.807, 2.05) is 0 Å².